The van der Waals surface area contributed by atoms with Gasteiger partial charge >= 0.3 is 0 Å². The van der Waals surface area contributed by atoms with Gasteiger partial charge in [0.15, 0.2) is 5.11 Å². The van der Waals surface area contributed by atoms with E-state index in [0.29, 0.717) is 11.7 Å². The summed E-state index contributed by atoms with van der Waals surface area (Å²) in [6, 6.07) is 11.8. The summed E-state index contributed by atoms with van der Waals surface area (Å²) in [5.41, 5.74) is 2.04. The second-order valence-electron chi connectivity index (χ2n) is 5.22. The second-order valence-corrected chi connectivity index (χ2v) is 5.62. The molecule has 3 aromatic rings. The SMILES string of the molecule is Cc1c(C(C)NC(=S)NCc2ccco2)oc2ccccc12. The summed E-state index contributed by atoms with van der Waals surface area (Å²) in [4.78, 5) is 0. The highest BCUT2D eigenvalue weighted by Gasteiger charge is 2.17. The number of para-hydroxylation sites is 1. The van der Waals surface area contributed by atoms with Crippen LogP contribution in [0.1, 0.15) is 30.0 Å². The van der Waals surface area contributed by atoms with Crippen LogP contribution in [0, 0.1) is 6.92 Å². The van der Waals surface area contributed by atoms with E-state index in [4.69, 9.17) is 21.1 Å². The van der Waals surface area contributed by atoms with Gasteiger partial charge in [0.05, 0.1) is 18.8 Å². The van der Waals surface area contributed by atoms with E-state index in [1.165, 1.54) is 0 Å². The summed E-state index contributed by atoms with van der Waals surface area (Å²) in [7, 11) is 0. The van der Waals surface area contributed by atoms with E-state index in [0.717, 1.165) is 28.1 Å². The van der Waals surface area contributed by atoms with Crippen molar-refractivity contribution in [2.45, 2.75) is 26.4 Å². The van der Waals surface area contributed by atoms with Gasteiger partial charge in [0, 0.05) is 10.9 Å². The zero-order chi connectivity index (χ0) is 15.5. The van der Waals surface area contributed by atoms with Gasteiger partial charge in [0.1, 0.15) is 17.1 Å². The molecule has 5 heteroatoms. The molecule has 0 aliphatic carbocycles. The first-order valence-corrected chi connectivity index (χ1v) is 7.60. The predicted octanol–water partition coefficient (Wildman–Crippen LogP) is 4.06. The number of fused-ring (bicyclic) bond motifs is 1. The molecule has 0 bridgehead atoms. The summed E-state index contributed by atoms with van der Waals surface area (Å²) in [6.07, 6.45) is 1.65. The molecule has 3 rings (SSSR count). The Morgan fingerprint density at radius 3 is 2.77 bits per heavy atom. The highest BCUT2D eigenvalue weighted by Crippen LogP contribution is 2.29. The van der Waals surface area contributed by atoms with Crippen molar-refractivity contribution in [1.29, 1.82) is 0 Å². The Morgan fingerprint density at radius 1 is 1.23 bits per heavy atom. The van der Waals surface area contributed by atoms with Crippen LogP contribution in [0.4, 0.5) is 0 Å². The van der Waals surface area contributed by atoms with Gasteiger partial charge in [-0.05, 0) is 44.3 Å². The maximum absolute atomic E-state index is 5.94. The van der Waals surface area contributed by atoms with E-state index in [-0.39, 0.29) is 6.04 Å². The summed E-state index contributed by atoms with van der Waals surface area (Å²) >= 11 is 5.32. The predicted molar refractivity (Wildman–Crippen MR) is 90.6 cm³/mol. The second kappa shape index (κ2) is 6.23. The maximum Gasteiger partial charge on any atom is 0.167 e. The Hall–Kier alpha value is -2.27. The summed E-state index contributed by atoms with van der Waals surface area (Å²) in [5, 5.41) is 8.08. The van der Waals surface area contributed by atoms with Gasteiger partial charge in [0.25, 0.3) is 0 Å². The highest BCUT2D eigenvalue weighted by atomic mass is 32.1. The molecular formula is C17H18N2O2S. The van der Waals surface area contributed by atoms with Crippen LogP contribution < -0.4 is 10.6 Å². The lowest BCUT2D eigenvalue weighted by Crippen LogP contribution is -2.36. The summed E-state index contributed by atoms with van der Waals surface area (Å²) in [5.74, 6) is 1.75. The van der Waals surface area contributed by atoms with Crippen LogP contribution in [0.25, 0.3) is 11.0 Å². The molecule has 2 N–H and O–H groups in total. The number of hydrogen-bond acceptors (Lipinski definition) is 3. The third-order valence-corrected chi connectivity index (χ3v) is 3.89. The van der Waals surface area contributed by atoms with Gasteiger partial charge in [-0.15, -0.1) is 0 Å². The molecule has 0 fully saturated rings. The van der Waals surface area contributed by atoms with Gasteiger partial charge in [-0.2, -0.15) is 0 Å². The average molecular weight is 314 g/mol. The number of hydrogen-bond donors (Lipinski definition) is 2. The topological polar surface area (TPSA) is 50.3 Å². The van der Waals surface area contributed by atoms with E-state index >= 15 is 0 Å². The quantitative estimate of drug-likeness (QED) is 0.711. The van der Waals surface area contributed by atoms with Crippen molar-refractivity contribution in [1.82, 2.24) is 10.6 Å². The molecule has 1 atom stereocenters. The Kier molecular flexibility index (Phi) is 4.15. The molecule has 2 heterocycles. The fourth-order valence-corrected chi connectivity index (χ4v) is 2.75. The minimum Gasteiger partial charge on any atom is -0.467 e. The fraction of sp³-hybridized carbons (Fsp3) is 0.235. The fourth-order valence-electron chi connectivity index (χ4n) is 2.50. The highest BCUT2D eigenvalue weighted by molar-refractivity contribution is 7.80. The van der Waals surface area contributed by atoms with Crippen molar-refractivity contribution >= 4 is 28.3 Å². The number of benzene rings is 1. The van der Waals surface area contributed by atoms with Gasteiger partial charge in [0.2, 0.25) is 0 Å². The smallest absolute Gasteiger partial charge is 0.167 e. The molecular weight excluding hydrogens is 296 g/mol. The van der Waals surface area contributed by atoms with Crippen molar-refractivity contribution in [3.05, 3.63) is 59.7 Å². The van der Waals surface area contributed by atoms with Crippen LogP contribution in [0.5, 0.6) is 0 Å². The Balaban J connectivity index is 1.66. The number of furan rings is 2. The Bertz CT molecular complexity index is 777. The lowest BCUT2D eigenvalue weighted by atomic mass is 10.1. The zero-order valence-corrected chi connectivity index (χ0v) is 13.4. The van der Waals surface area contributed by atoms with Crippen LogP contribution in [0.2, 0.25) is 0 Å². The first kappa shape index (κ1) is 14.7. The van der Waals surface area contributed by atoms with Gasteiger partial charge in [-0.3, -0.25) is 0 Å². The summed E-state index contributed by atoms with van der Waals surface area (Å²) < 4.78 is 11.2. The average Bonchev–Trinajstić information content (AvgIpc) is 3.14. The molecule has 0 aliphatic rings. The number of rotatable bonds is 4. The number of aryl methyl sites for hydroxylation is 1. The molecule has 0 spiro atoms. The van der Waals surface area contributed by atoms with E-state index in [1.54, 1.807) is 6.26 Å². The van der Waals surface area contributed by atoms with Crippen LogP contribution in [0.3, 0.4) is 0 Å². The van der Waals surface area contributed by atoms with E-state index in [9.17, 15) is 0 Å². The molecule has 2 aromatic heterocycles. The Labute approximate surface area is 134 Å². The van der Waals surface area contributed by atoms with E-state index in [2.05, 4.69) is 23.6 Å². The third kappa shape index (κ3) is 2.99. The van der Waals surface area contributed by atoms with Crippen LogP contribution in [0.15, 0.2) is 51.5 Å². The molecule has 0 aliphatic heterocycles. The molecule has 1 unspecified atom stereocenters. The number of nitrogens with one attached hydrogen (secondary N) is 2. The standard InChI is InChI=1S/C17H18N2O2S/c1-11-14-7-3-4-8-15(14)21-16(11)12(2)19-17(22)18-10-13-6-5-9-20-13/h3-9,12H,10H2,1-2H3,(H2,18,19,22). The van der Waals surface area contributed by atoms with Crippen molar-refractivity contribution in [3.8, 4) is 0 Å². The lowest BCUT2D eigenvalue weighted by molar-refractivity contribution is 0.481. The largest absolute Gasteiger partial charge is 0.467 e. The number of thiocarbonyl (C=S) groups is 1. The molecule has 22 heavy (non-hydrogen) atoms. The molecule has 0 radical (unpaired) electrons. The van der Waals surface area contributed by atoms with Gasteiger partial charge in [-0.25, -0.2) is 0 Å². The van der Waals surface area contributed by atoms with E-state index in [1.807, 2.05) is 37.3 Å². The van der Waals surface area contributed by atoms with E-state index < -0.39 is 0 Å². The first-order chi connectivity index (χ1) is 10.6. The molecule has 0 amide bonds. The van der Waals surface area contributed by atoms with Crippen LogP contribution in [-0.2, 0) is 6.54 Å². The summed E-state index contributed by atoms with van der Waals surface area (Å²) in [6.45, 7) is 4.66. The minimum atomic E-state index is -0.0102. The maximum atomic E-state index is 5.94. The zero-order valence-electron chi connectivity index (χ0n) is 12.6. The molecule has 1 aromatic carbocycles. The van der Waals surface area contributed by atoms with Crippen molar-refractivity contribution in [2.75, 3.05) is 0 Å². The molecule has 0 saturated carbocycles. The molecule has 114 valence electrons. The molecule has 0 saturated heterocycles. The van der Waals surface area contributed by atoms with Gasteiger partial charge in [-0.1, -0.05) is 18.2 Å². The monoisotopic (exact) mass is 314 g/mol. The van der Waals surface area contributed by atoms with Crippen LogP contribution in [-0.4, -0.2) is 5.11 Å². The van der Waals surface area contributed by atoms with Gasteiger partial charge < -0.3 is 19.5 Å². The Morgan fingerprint density at radius 2 is 2.05 bits per heavy atom. The van der Waals surface area contributed by atoms with Crippen molar-refractivity contribution in [2.24, 2.45) is 0 Å². The van der Waals surface area contributed by atoms with Crippen LogP contribution >= 0.6 is 12.2 Å². The first-order valence-electron chi connectivity index (χ1n) is 7.20. The van der Waals surface area contributed by atoms with Crippen molar-refractivity contribution in [3.63, 3.8) is 0 Å². The lowest BCUT2D eigenvalue weighted by Gasteiger charge is -2.15. The molecule has 4 nitrogen and oxygen atoms in total. The minimum absolute atomic E-state index is 0.0102. The normalized spacial score (nSPS) is 12.3. The third-order valence-electron chi connectivity index (χ3n) is 3.62. The van der Waals surface area contributed by atoms with Crippen molar-refractivity contribution < 1.29 is 8.83 Å².